The van der Waals surface area contributed by atoms with Gasteiger partial charge in [0.05, 0.1) is 19.8 Å². The van der Waals surface area contributed by atoms with Gasteiger partial charge in [-0.3, -0.25) is 0 Å². The summed E-state index contributed by atoms with van der Waals surface area (Å²) in [6, 6.07) is 0.332. The summed E-state index contributed by atoms with van der Waals surface area (Å²) < 4.78 is 9.62. The molecule has 8 heteroatoms. The van der Waals surface area contributed by atoms with Crippen molar-refractivity contribution in [2.24, 2.45) is 5.92 Å². The van der Waals surface area contributed by atoms with E-state index >= 15 is 0 Å². The van der Waals surface area contributed by atoms with Gasteiger partial charge in [-0.25, -0.2) is 9.59 Å². The van der Waals surface area contributed by atoms with Crippen molar-refractivity contribution in [2.75, 3.05) is 19.5 Å². The lowest BCUT2D eigenvalue weighted by Gasteiger charge is -2.27. The van der Waals surface area contributed by atoms with Gasteiger partial charge in [-0.1, -0.05) is 6.92 Å². The van der Waals surface area contributed by atoms with Crippen LogP contribution in [0.5, 0.6) is 0 Å². The van der Waals surface area contributed by atoms with Crippen LogP contribution in [0, 0.1) is 12.8 Å². The minimum Gasteiger partial charge on any atom is -0.465 e. The highest BCUT2D eigenvalue weighted by atomic mass is 32.1. The Morgan fingerprint density at radius 1 is 1.12 bits per heavy atom. The second kappa shape index (κ2) is 8.62. The van der Waals surface area contributed by atoms with Crippen LogP contribution in [0.1, 0.15) is 58.2 Å². The molecule has 0 radical (unpaired) electrons. The fraction of sp³-hybridized carbons (Fsp3) is 0.588. The largest absolute Gasteiger partial charge is 0.465 e. The number of esters is 2. The van der Waals surface area contributed by atoms with Gasteiger partial charge in [-0.2, -0.15) is 0 Å². The van der Waals surface area contributed by atoms with E-state index in [1.807, 2.05) is 0 Å². The molecule has 0 spiro atoms. The number of methoxy groups -OCH3 is 2. The third-order valence-electron chi connectivity index (χ3n) is 4.49. The van der Waals surface area contributed by atoms with E-state index in [1.54, 1.807) is 6.92 Å². The van der Waals surface area contributed by atoms with E-state index in [2.05, 4.69) is 17.6 Å². The average molecular weight is 385 g/mol. The zero-order valence-corrected chi connectivity index (χ0v) is 16.6. The van der Waals surface area contributed by atoms with Crippen molar-refractivity contribution in [1.29, 1.82) is 0 Å². The molecule has 2 N–H and O–H groups in total. The minimum atomic E-state index is -0.513. The third-order valence-corrected chi connectivity index (χ3v) is 5.89. The van der Waals surface area contributed by atoms with Gasteiger partial charge in [0.25, 0.3) is 0 Å². The lowest BCUT2D eigenvalue weighted by Crippen LogP contribution is -2.39. The average Bonchev–Trinajstić information content (AvgIpc) is 2.91. The molecule has 0 aliphatic heterocycles. The summed E-state index contributed by atoms with van der Waals surface area (Å²) in [5, 5.41) is 7.30. The first kappa shape index (κ1) is 19.7. The molecule has 0 unspecified atom stereocenters. The lowest BCUT2D eigenvalue weighted by molar-refractivity contribution is 0.0601. The number of nitrogens with one attached hydrogen (secondary N) is 2. The number of hydrogen-bond acceptors (Lipinski definition) is 6. The van der Waals surface area contributed by atoms with E-state index in [4.69, 9.17) is 21.7 Å². The fourth-order valence-corrected chi connectivity index (χ4v) is 4.42. The Balaban J connectivity index is 2.15. The predicted molar refractivity (Wildman–Crippen MR) is 103 cm³/mol. The Kier molecular flexibility index (Phi) is 6.78. The number of carbonyl (C=O) groups excluding carboxylic acids is 2. The SMILES string of the molecule is COC(=O)c1sc(NC(=S)NC2CCC(C)CC2)c(C(=O)OC)c1C. The highest BCUT2D eigenvalue weighted by Crippen LogP contribution is 2.34. The Morgan fingerprint density at radius 2 is 1.72 bits per heavy atom. The summed E-state index contributed by atoms with van der Waals surface area (Å²) >= 11 is 6.53. The van der Waals surface area contributed by atoms with Gasteiger partial charge in [0.1, 0.15) is 9.88 Å². The Bertz CT molecular complexity index is 664. The summed E-state index contributed by atoms with van der Waals surface area (Å²) in [5.41, 5.74) is 0.842. The zero-order valence-electron chi connectivity index (χ0n) is 14.9. The van der Waals surface area contributed by atoms with Gasteiger partial charge in [0.2, 0.25) is 0 Å². The molecule has 25 heavy (non-hydrogen) atoms. The van der Waals surface area contributed by atoms with E-state index in [0.29, 0.717) is 32.2 Å². The number of rotatable bonds is 4. The summed E-state index contributed by atoms with van der Waals surface area (Å²) in [6.07, 6.45) is 4.50. The normalized spacial score (nSPS) is 19.8. The van der Waals surface area contributed by atoms with Crippen molar-refractivity contribution >= 4 is 45.6 Å². The van der Waals surface area contributed by atoms with Gasteiger partial charge in [0.15, 0.2) is 5.11 Å². The molecule has 0 saturated heterocycles. The van der Waals surface area contributed by atoms with E-state index in [0.717, 1.165) is 30.1 Å². The molecule has 0 bridgehead atoms. The number of hydrogen-bond donors (Lipinski definition) is 2. The number of thiocarbonyl (C=S) groups is 1. The number of ether oxygens (including phenoxy) is 2. The molecule has 1 aliphatic rings. The van der Waals surface area contributed by atoms with Crippen molar-refractivity contribution < 1.29 is 19.1 Å². The van der Waals surface area contributed by atoms with Gasteiger partial charge in [0, 0.05) is 6.04 Å². The van der Waals surface area contributed by atoms with Crippen LogP contribution in [0.4, 0.5) is 5.00 Å². The molecule has 6 nitrogen and oxygen atoms in total. The molecule has 1 aromatic rings. The van der Waals surface area contributed by atoms with E-state index in [1.165, 1.54) is 27.1 Å². The molecule has 1 heterocycles. The molecule has 0 amide bonds. The minimum absolute atomic E-state index is 0.314. The monoisotopic (exact) mass is 384 g/mol. The van der Waals surface area contributed by atoms with Crippen molar-refractivity contribution in [2.45, 2.75) is 45.6 Å². The summed E-state index contributed by atoms with van der Waals surface area (Å²) in [6.45, 7) is 3.96. The molecule has 2 rings (SSSR count). The number of anilines is 1. The first-order chi connectivity index (χ1) is 11.9. The molecular weight excluding hydrogens is 360 g/mol. The van der Waals surface area contributed by atoms with Crippen LogP contribution < -0.4 is 10.6 Å². The van der Waals surface area contributed by atoms with E-state index in [9.17, 15) is 9.59 Å². The Hall–Kier alpha value is -1.67. The second-order valence-corrected chi connectivity index (χ2v) is 7.73. The zero-order chi connectivity index (χ0) is 18.6. The van der Waals surface area contributed by atoms with Crippen molar-refractivity contribution in [3.8, 4) is 0 Å². The van der Waals surface area contributed by atoms with Crippen LogP contribution in [0.2, 0.25) is 0 Å². The van der Waals surface area contributed by atoms with Gasteiger partial charge in [-0.05, 0) is 56.3 Å². The highest BCUT2D eigenvalue weighted by molar-refractivity contribution is 7.80. The van der Waals surface area contributed by atoms with Crippen LogP contribution in [-0.4, -0.2) is 37.3 Å². The molecule has 138 valence electrons. The maximum absolute atomic E-state index is 12.1. The highest BCUT2D eigenvalue weighted by Gasteiger charge is 2.27. The molecular formula is C17H24N2O4S2. The first-order valence-corrected chi connectivity index (χ1v) is 9.47. The summed E-state index contributed by atoms with van der Waals surface area (Å²) in [5.74, 6) is -0.241. The fourth-order valence-electron chi connectivity index (χ4n) is 2.97. The molecule has 0 atom stereocenters. The van der Waals surface area contributed by atoms with Crippen molar-refractivity contribution in [3.05, 3.63) is 16.0 Å². The Labute approximate surface area is 157 Å². The smallest absolute Gasteiger partial charge is 0.348 e. The summed E-state index contributed by atoms with van der Waals surface area (Å²) in [7, 11) is 2.61. The number of thiophene rings is 1. The van der Waals surface area contributed by atoms with E-state index in [-0.39, 0.29) is 0 Å². The van der Waals surface area contributed by atoms with Gasteiger partial charge in [-0.15, -0.1) is 11.3 Å². The topological polar surface area (TPSA) is 76.7 Å². The van der Waals surface area contributed by atoms with Crippen molar-refractivity contribution in [3.63, 3.8) is 0 Å². The van der Waals surface area contributed by atoms with Crippen LogP contribution in [0.3, 0.4) is 0 Å². The van der Waals surface area contributed by atoms with Gasteiger partial charge >= 0.3 is 11.9 Å². The van der Waals surface area contributed by atoms with Crippen LogP contribution in [0.15, 0.2) is 0 Å². The molecule has 1 saturated carbocycles. The van der Waals surface area contributed by atoms with Crippen LogP contribution in [-0.2, 0) is 9.47 Å². The Morgan fingerprint density at radius 3 is 2.28 bits per heavy atom. The van der Waals surface area contributed by atoms with E-state index < -0.39 is 11.9 Å². The lowest BCUT2D eigenvalue weighted by atomic mass is 9.87. The molecule has 1 aromatic heterocycles. The van der Waals surface area contributed by atoms with Crippen LogP contribution >= 0.6 is 23.6 Å². The van der Waals surface area contributed by atoms with Crippen molar-refractivity contribution in [1.82, 2.24) is 5.32 Å². The third kappa shape index (κ3) is 4.70. The van der Waals surface area contributed by atoms with Gasteiger partial charge < -0.3 is 20.1 Å². The molecule has 1 aliphatic carbocycles. The standard InChI is InChI=1S/C17H24N2O4S2/c1-9-5-7-11(8-6-9)18-17(24)19-14-12(15(20)22-3)10(2)13(25-14)16(21)23-4/h9,11H,5-8H2,1-4H3,(H2,18,19,24). The molecule has 1 fully saturated rings. The maximum Gasteiger partial charge on any atom is 0.348 e. The number of carbonyl (C=O) groups is 2. The maximum atomic E-state index is 12.1. The van der Waals surface area contributed by atoms with Crippen LogP contribution in [0.25, 0.3) is 0 Å². The first-order valence-electron chi connectivity index (χ1n) is 8.24. The second-order valence-electron chi connectivity index (χ2n) is 6.30. The summed E-state index contributed by atoms with van der Waals surface area (Å²) in [4.78, 5) is 24.4. The predicted octanol–water partition coefficient (Wildman–Crippen LogP) is 3.49. The quantitative estimate of drug-likeness (QED) is 0.608. The molecule has 0 aromatic carbocycles.